The van der Waals surface area contributed by atoms with Crippen molar-refractivity contribution in [2.75, 3.05) is 5.73 Å². The van der Waals surface area contributed by atoms with E-state index in [2.05, 4.69) is 0 Å². The van der Waals surface area contributed by atoms with Gasteiger partial charge in [0.05, 0.1) is 12.3 Å². The maximum absolute atomic E-state index is 11.9. The van der Waals surface area contributed by atoms with Gasteiger partial charge in [-0.2, -0.15) is 0 Å². The van der Waals surface area contributed by atoms with Crippen LogP contribution in [-0.2, 0) is 25.7 Å². The minimum absolute atomic E-state index is 0.113. The predicted molar refractivity (Wildman–Crippen MR) is 90.6 cm³/mol. The molecular weight excluding hydrogens is 326 g/mol. The number of nitrogens with two attached hydrogens (primary N) is 1. The number of carbonyl (C=O) groups is 2. The molecule has 1 saturated heterocycles. The van der Waals surface area contributed by atoms with Crippen molar-refractivity contribution in [2.45, 2.75) is 52.8 Å². The molecule has 1 aromatic carbocycles. The molecule has 0 amide bonds. The highest BCUT2D eigenvalue weighted by atomic mass is 16.7. The van der Waals surface area contributed by atoms with Crippen LogP contribution in [0.2, 0.25) is 0 Å². The molecule has 2 rings (SSSR count). The lowest BCUT2D eigenvalue weighted by Gasteiger charge is -2.42. The molecule has 0 aromatic heterocycles. The second-order valence-electron chi connectivity index (χ2n) is 6.48. The van der Waals surface area contributed by atoms with Crippen LogP contribution in [0.5, 0.6) is 5.75 Å². The molecule has 5 atom stereocenters. The summed E-state index contributed by atoms with van der Waals surface area (Å²) in [7, 11) is 0. The van der Waals surface area contributed by atoms with Gasteiger partial charge in [0.15, 0.2) is 11.9 Å². The third-order valence-electron chi connectivity index (χ3n) is 4.58. The van der Waals surface area contributed by atoms with Gasteiger partial charge < -0.3 is 25.1 Å². The lowest BCUT2D eigenvalue weighted by Crippen LogP contribution is -2.55. The van der Waals surface area contributed by atoms with Gasteiger partial charge in [-0.25, -0.2) is 0 Å². The molecule has 1 aromatic rings. The van der Waals surface area contributed by atoms with Crippen LogP contribution in [0.1, 0.15) is 33.3 Å². The van der Waals surface area contributed by atoms with Crippen LogP contribution in [0.25, 0.3) is 0 Å². The van der Waals surface area contributed by atoms with Crippen LogP contribution in [0.15, 0.2) is 18.2 Å². The lowest BCUT2D eigenvalue weighted by atomic mass is 9.82. The Morgan fingerprint density at radius 2 is 1.92 bits per heavy atom. The summed E-state index contributed by atoms with van der Waals surface area (Å²) in [5.74, 6) is -0.502. The highest BCUT2D eigenvalue weighted by Crippen LogP contribution is 2.35. The second kappa shape index (κ2) is 7.84. The van der Waals surface area contributed by atoms with E-state index in [9.17, 15) is 9.59 Å². The number of benzene rings is 1. The van der Waals surface area contributed by atoms with Crippen molar-refractivity contribution < 1.29 is 28.9 Å². The fraction of sp³-hybridized carbons (Fsp3) is 0.556. The molecule has 2 unspecified atom stereocenters. The van der Waals surface area contributed by atoms with Crippen LogP contribution < -0.4 is 10.5 Å². The van der Waals surface area contributed by atoms with Gasteiger partial charge in [0.1, 0.15) is 11.9 Å². The maximum Gasteiger partial charge on any atom is 0.303 e. The average Bonchev–Trinajstić information content (AvgIpc) is 2.55. The van der Waals surface area contributed by atoms with E-state index in [0.717, 1.165) is 0 Å². The molecular formula is C18H25NO6. The Balaban J connectivity index is 2.29. The second-order valence-corrected chi connectivity index (χ2v) is 6.48. The zero-order chi connectivity index (χ0) is 18.7. The summed E-state index contributed by atoms with van der Waals surface area (Å²) in [5, 5.41) is 9.16. The first-order valence-corrected chi connectivity index (χ1v) is 8.23. The summed E-state index contributed by atoms with van der Waals surface area (Å²) in [6.07, 6.45) is -2.27. The van der Waals surface area contributed by atoms with Crippen molar-refractivity contribution in [2.24, 2.45) is 11.8 Å². The first-order valence-electron chi connectivity index (χ1n) is 8.23. The zero-order valence-corrected chi connectivity index (χ0v) is 14.9. The van der Waals surface area contributed by atoms with Crippen molar-refractivity contribution in [3.05, 3.63) is 23.8 Å². The van der Waals surface area contributed by atoms with Gasteiger partial charge in [-0.1, -0.05) is 19.9 Å². The third-order valence-corrected chi connectivity index (χ3v) is 4.58. The van der Waals surface area contributed by atoms with Gasteiger partial charge in [-0.15, -0.1) is 0 Å². The number of nitrogen functional groups attached to an aromatic ring is 1. The van der Waals surface area contributed by atoms with E-state index in [1.54, 1.807) is 18.2 Å². The van der Waals surface area contributed by atoms with E-state index < -0.39 is 24.5 Å². The minimum Gasteiger partial charge on any atom is -0.459 e. The Labute approximate surface area is 147 Å². The fourth-order valence-corrected chi connectivity index (χ4v) is 3.01. The molecule has 25 heavy (non-hydrogen) atoms. The van der Waals surface area contributed by atoms with E-state index in [0.29, 0.717) is 17.0 Å². The number of aliphatic hydroxyl groups is 1. The number of anilines is 1. The minimum atomic E-state index is -0.953. The fourth-order valence-electron chi connectivity index (χ4n) is 3.01. The van der Waals surface area contributed by atoms with Gasteiger partial charge in [-0.05, 0) is 30.5 Å². The highest BCUT2D eigenvalue weighted by molar-refractivity contribution is 5.81. The van der Waals surface area contributed by atoms with Crippen molar-refractivity contribution in [3.63, 3.8) is 0 Å². The number of aliphatic hydroxyl groups excluding tert-OH is 1. The first kappa shape index (κ1) is 19.2. The molecule has 1 aliphatic rings. The van der Waals surface area contributed by atoms with Crippen LogP contribution in [-0.4, -0.2) is 35.4 Å². The number of ether oxygens (including phenoxy) is 3. The standard InChI is InChI=1S/C18H25NO6/c1-9-10(2)17(23-12(4)22)18(25-16(9)11(3)21)24-15-6-5-13(8-20)7-14(15)19/h5-7,9-10,16-18,20H,8,19H2,1-4H3/t9-,10-,16?,17?,18+/m0/s1. The van der Waals surface area contributed by atoms with Gasteiger partial charge >= 0.3 is 5.97 Å². The Kier molecular flexibility index (Phi) is 6.02. The average molecular weight is 351 g/mol. The summed E-state index contributed by atoms with van der Waals surface area (Å²) < 4.78 is 17.0. The summed E-state index contributed by atoms with van der Waals surface area (Å²) in [4.78, 5) is 23.4. The Morgan fingerprint density at radius 1 is 1.24 bits per heavy atom. The van der Waals surface area contributed by atoms with E-state index in [1.807, 2.05) is 13.8 Å². The monoisotopic (exact) mass is 351 g/mol. The largest absolute Gasteiger partial charge is 0.459 e. The maximum atomic E-state index is 11.9. The van der Waals surface area contributed by atoms with Crippen molar-refractivity contribution in [3.8, 4) is 5.75 Å². The Morgan fingerprint density at radius 3 is 2.44 bits per heavy atom. The quantitative estimate of drug-likeness (QED) is 0.613. The number of ketones is 1. The molecule has 0 radical (unpaired) electrons. The van der Waals surface area contributed by atoms with E-state index in [4.69, 9.17) is 25.1 Å². The number of hydrogen-bond acceptors (Lipinski definition) is 7. The molecule has 1 fully saturated rings. The number of hydrogen-bond donors (Lipinski definition) is 2. The van der Waals surface area contributed by atoms with Gasteiger partial charge in [0.25, 0.3) is 0 Å². The molecule has 7 heteroatoms. The lowest BCUT2D eigenvalue weighted by molar-refractivity contribution is -0.241. The molecule has 0 aliphatic carbocycles. The van der Waals surface area contributed by atoms with Crippen LogP contribution in [0.4, 0.5) is 5.69 Å². The van der Waals surface area contributed by atoms with Gasteiger partial charge in [0.2, 0.25) is 6.29 Å². The van der Waals surface area contributed by atoms with E-state index >= 15 is 0 Å². The van der Waals surface area contributed by atoms with Crippen LogP contribution >= 0.6 is 0 Å². The molecule has 0 saturated carbocycles. The van der Waals surface area contributed by atoms with E-state index in [-0.39, 0.29) is 24.2 Å². The first-order chi connectivity index (χ1) is 11.7. The molecule has 1 aliphatic heterocycles. The summed E-state index contributed by atoms with van der Waals surface area (Å²) in [6.45, 7) is 6.41. The van der Waals surface area contributed by atoms with Crippen LogP contribution in [0.3, 0.4) is 0 Å². The predicted octanol–water partition coefficient (Wildman–Crippen LogP) is 1.66. The Bertz CT molecular complexity index is 646. The van der Waals surface area contributed by atoms with Crippen LogP contribution in [0, 0.1) is 11.8 Å². The molecule has 3 N–H and O–H groups in total. The zero-order valence-electron chi connectivity index (χ0n) is 14.9. The summed E-state index contributed by atoms with van der Waals surface area (Å²) >= 11 is 0. The highest BCUT2D eigenvalue weighted by Gasteiger charge is 2.46. The molecule has 7 nitrogen and oxygen atoms in total. The molecule has 138 valence electrons. The molecule has 0 bridgehead atoms. The van der Waals surface area contributed by atoms with E-state index in [1.165, 1.54) is 13.8 Å². The van der Waals surface area contributed by atoms with Gasteiger partial charge in [0, 0.05) is 12.8 Å². The SMILES string of the molecule is CC(=O)OC1[C@H](Oc2ccc(CO)cc2N)OC(C(C)=O)[C@@H](C)[C@@H]1C. The smallest absolute Gasteiger partial charge is 0.303 e. The van der Waals surface area contributed by atoms with Gasteiger partial charge in [-0.3, -0.25) is 9.59 Å². The van der Waals surface area contributed by atoms with Crippen molar-refractivity contribution in [1.29, 1.82) is 0 Å². The number of rotatable bonds is 5. The van der Waals surface area contributed by atoms with Crippen molar-refractivity contribution >= 4 is 17.4 Å². The normalized spacial score (nSPS) is 29.1. The number of esters is 1. The number of Topliss-reactive ketones (excluding diaryl/α,β-unsaturated/α-hetero) is 1. The molecule has 1 heterocycles. The van der Waals surface area contributed by atoms with Crippen molar-refractivity contribution in [1.82, 2.24) is 0 Å². The topological polar surface area (TPSA) is 108 Å². The Hall–Kier alpha value is -2.12. The third kappa shape index (κ3) is 4.29. The molecule has 0 spiro atoms. The summed E-state index contributed by atoms with van der Waals surface area (Å²) in [5.41, 5.74) is 6.92. The summed E-state index contributed by atoms with van der Waals surface area (Å²) in [6, 6.07) is 4.87. The number of carbonyl (C=O) groups excluding carboxylic acids is 2.